The van der Waals surface area contributed by atoms with E-state index in [2.05, 4.69) is 64.2 Å². The minimum absolute atomic E-state index is 0.235. The molecule has 0 bridgehead atoms. The Kier molecular flexibility index (Phi) is 7.24. The van der Waals surface area contributed by atoms with Crippen molar-refractivity contribution in [2.24, 2.45) is 0 Å². The summed E-state index contributed by atoms with van der Waals surface area (Å²) in [6.45, 7) is 11.2. The highest BCUT2D eigenvalue weighted by Crippen LogP contribution is 2.28. The van der Waals surface area contributed by atoms with Crippen LogP contribution < -0.4 is 10.1 Å². The van der Waals surface area contributed by atoms with Gasteiger partial charge in [0.2, 0.25) is 0 Å². The summed E-state index contributed by atoms with van der Waals surface area (Å²) < 4.78 is 6.21. The quantitative estimate of drug-likeness (QED) is 0.697. The summed E-state index contributed by atoms with van der Waals surface area (Å²) in [5.74, 6) is 0.980. The van der Waals surface area contributed by atoms with Gasteiger partial charge in [-0.3, -0.25) is 0 Å². The van der Waals surface area contributed by atoms with Crippen LogP contribution in [0.15, 0.2) is 24.3 Å². The fourth-order valence-corrected chi connectivity index (χ4v) is 2.64. The van der Waals surface area contributed by atoms with E-state index in [0.717, 1.165) is 25.0 Å². The molecule has 0 aromatic heterocycles. The van der Waals surface area contributed by atoms with Gasteiger partial charge in [-0.25, -0.2) is 0 Å². The lowest BCUT2D eigenvalue weighted by atomic mass is 9.82. The molecule has 0 saturated heterocycles. The fourth-order valence-electron chi connectivity index (χ4n) is 2.64. The molecule has 2 nitrogen and oxygen atoms in total. The maximum absolute atomic E-state index is 6.21. The summed E-state index contributed by atoms with van der Waals surface area (Å²) in [6, 6.07) is 9.08. The van der Waals surface area contributed by atoms with Gasteiger partial charge < -0.3 is 10.1 Å². The van der Waals surface area contributed by atoms with Crippen LogP contribution in [0.5, 0.6) is 5.75 Å². The molecular weight excluding hydrogens is 258 g/mol. The lowest BCUT2D eigenvalue weighted by molar-refractivity contribution is 0.146. The van der Waals surface area contributed by atoms with Crippen LogP contribution in [-0.4, -0.2) is 19.2 Å². The molecule has 0 saturated carbocycles. The molecular formula is C19H33NO. The van der Waals surface area contributed by atoms with Gasteiger partial charge in [0, 0.05) is 6.04 Å². The van der Waals surface area contributed by atoms with Gasteiger partial charge in [0.1, 0.15) is 11.9 Å². The highest BCUT2D eigenvalue weighted by Gasteiger charge is 2.20. The zero-order valence-electron chi connectivity index (χ0n) is 14.7. The van der Waals surface area contributed by atoms with E-state index in [9.17, 15) is 0 Å². The van der Waals surface area contributed by atoms with Crippen molar-refractivity contribution in [2.45, 2.75) is 77.9 Å². The Hall–Kier alpha value is -1.02. The number of ether oxygens (including phenoxy) is 1. The van der Waals surface area contributed by atoms with Crippen molar-refractivity contribution >= 4 is 0 Å². The summed E-state index contributed by atoms with van der Waals surface area (Å²) in [6.07, 6.45) is 4.72. The number of rotatable bonds is 9. The second-order valence-corrected chi connectivity index (χ2v) is 6.51. The largest absolute Gasteiger partial charge is 0.489 e. The van der Waals surface area contributed by atoms with Crippen molar-refractivity contribution < 1.29 is 4.74 Å². The SMILES string of the molecule is CCCC(NC)C(CC)Oc1ccc(C(C)(C)CC)cc1. The minimum Gasteiger partial charge on any atom is -0.489 e. The highest BCUT2D eigenvalue weighted by molar-refractivity contribution is 5.31. The van der Waals surface area contributed by atoms with Crippen LogP contribution in [0.2, 0.25) is 0 Å². The zero-order valence-corrected chi connectivity index (χ0v) is 14.7. The average molecular weight is 291 g/mol. The molecule has 0 radical (unpaired) electrons. The third-order valence-corrected chi connectivity index (χ3v) is 4.63. The topological polar surface area (TPSA) is 21.3 Å². The lowest BCUT2D eigenvalue weighted by Crippen LogP contribution is -2.40. The molecule has 1 N–H and O–H groups in total. The summed E-state index contributed by atoms with van der Waals surface area (Å²) in [7, 11) is 2.03. The van der Waals surface area contributed by atoms with E-state index < -0.39 is 0 Å². The van der Waals surface area contributed by atoms with Crippen molar-refractivity contribution in [1.29, 1.82) is 0 Å². The van der Waals surface area contributed by atoms with E-state index in [1.54, 1.807) is 0 Å². The van der Waals surface area contributed by atoms with E-state index in [0.29, 0.717) is 6.04 Å². The van der Waals surface area contributed by atoms with Crippen molar-refractivity contribution in [3.63, 3.8) is 0 Å². The molecule has 1 rings (SSSR count). The molecule has 120 valence electrons. The van der Waals surface area contributed by atoms with Crippen molar-refractivity contribution in [3.05, 3.63) is 29.8 Å². The van der Waals surface area contributed by atoms with E-state index in [4.69, 9.17) is 4.74 Å². The number of likely N-dealkylation sites (N-methyl/N-ethyl adjacent to an activating group) is 1. The first kappa shape index (κ1) is 18.0. The average Bonchev–Trinajstić information content (AvgIpc) is 2.51. The predicted molar refractivity (Wildman–Crippen MR) is 92.2 cm³/mol. The molecule has 0 aliphatic heterocycles. The molecule has 0 amide bonds. The summed E-state index contributed by atoms with van der Waals surface area (Å²) in [4.78, 5) is 0. The van der Waals surface area contributed by atoms with Gasteiger partial charge in [-0.05, 0) is 49.4 Å². The monoisotopic (exact) mass is 291 g/mol. The molecule has 0 fully saturated rings. The first-order chi connectivity index (χ1) is 9.98. The number of hydrogen-bond donors (Lipinski definition) is 1. The molecule has 2 heteroatoms. The lowest BCUT2D eigenvalue weighted by Gasteiger charge is -2.27. The second-order valence-electron chi connectivity index (χ2n) is 6.51. The molecule has 2 unspecified atom stereocenters. The second kappa shape index (κ2) is 8.43. The Labute approximate surface area is 131 Å². The highest BCUT2D eigenvalue weighted by atomic mass is 16.5. The molecule has 1 aromatic rings. The van der Waals surface area contributed by atoms with Crippen LogP contribution in [-0.2, 0) is 5.41 Å². The molecule has 0 heterocycles. The molecule has 21 heavy (non-hydrogen) atoms. The molecule has 0 aliphatic carbocycles. The Morgan fingerprint density at radius 1 is 1.10 bits per heavy atom. The van der Waals surface area contributed by atoms with Gasteiger partial charge in [-0.2, -0.15) is 0 Å². The Balaban J connectivity index is 2.77. The molecule has 1 aromatic carbocycles. The predicted octanol–water partition coefficient (Wildman–Crippen LogP) is 4.92. The van der Waals surface area contributed by atoms with Gasteiger partial charge in [0.15, 0.2) is 0 Å². The maximum Gasteiger partial charge on any atom is 0.119 e. The summed E-state index contributed by atoms with van der Waals surface area (Å²) in [5, 5.41) is 3.39. The number of nitrogens with one attached hydrogen (secondary N) is 1. The zero-order chi connectivity index (χ0) is 15.9. The normalized spacial score (nSPS) is 14.8. The summed E-state index contributed by atoms with van der Waals surface area (Å²) in [5.41, 5.74) is 1.61. The van der Waals surface area contributed by atoms with Gasteiger partial charge in [0.25, 0.3) is 0 Å². The Morgan fingerprint density at radius 3 is 2.14 bits per heavy atom. The van der Waals surface area contributed by atoms with Crippen LogP contribution >= 0.6 is 0 Å². The molecule has 2 atom stereocenters. The Morgan fingerprint density at radius 2 is 1.71 bits per heavy atom. The minimum atomic E-state index is 0.235. The van der Waals surface area contributed by atoms with Crippen molar-refractivity contribution in [1.82, 2.24) is 5.32 Å². The van der Waals surface area contributed by atoms with Crippen LogP contribution in [0.4, 0.5) is 0 Å². The standard InChI is InChI=1S/C19H33NO/c1-7-10-17(20-6)18(8-2)21-16-13-11-15(12-14-16)19(4,5)9-3/h11-14,17-18,20H,7-10H2,1-6H3. The van der Waals surface area contributed by atoms with E-state index in [1.165, 1.54) is 12.0 Å². The van der Waals surface area contributed by atoms with Gasteiger partial charge in [-0.15, -0.1) is 0 Å². The number of benzene rings is 1. The first-order valence-electron chi connectivity index (χ1n) is 8.42. The van der Waals surface area contributed by atoms with Crippen LogP contribution in [0.25, 0.3) is 0 Å². The van der Waals surface area contributed by atoms with Crippen molar-refractivity contribution in [3.8, 4) is 5.75 Å². The van der Waals surface area contributed by atoms with Crippen LogP contribution in [0, 0.1) is 0 Å². The van der Waals surface area contributed by atoms with Crippen LogP contribution in [0.1, 0.15) is 65.9 Å². The van der Waals surface area contributed by atoms with Gasteiger partial charge in [-0.1, -0.05) is 53.2 Å². The van der Waals surface area contributed by atoms with E-state index >= 15 is 0 Å². The molecule has 0 aliphatic rings. The van der Waals surface area contributed by atoms with E-state index in [-0.39, 0.29) is 11.5 Å². The Bertz CT molecular complexity index is 397. The smallest absolute Gasteiger partial charge is 0.119 e. The first-order valence-corrected chi connectivity index (χ1v) is 8.42. The fraction of sp³-hybridized carbons (Fsp3) is 0.684. The van der Waals surface area contributed by atoms with E-state index in [1.807, 2.05) is 7.05 Å². The van der Waals surface area contributed by atoms with Gasteiger partial charge in [0.05, 0.1) is 0 Å². The third kappa shape index (κ3) is 5.03. The van der Waals surface area contributed by atoms with Crippen LogP contribution in [0.3, 0.4) is 0 Å². The third-order valence-electron chi connectivity index (χ3n) is 4.63. The summed E-state index contributed by atoms with van der Waals surface area (Å²) >= 11 is 0. The van der Waals surface area contributed by atoms with Crippen molar-refractivity contribution in [2.75, 3.05) is 7.05 Å². The maximum atomic E-state index is 6.21. The molecule has 0 spiro atoms. The number of hydrogen-bond acceptors (Lipinski definition) is 2. The van der Waals surface area contributed by atoms with Gasteiger partial charge >= 0.3 is 0 Å².